The lowest BCUT2D eigenvalue weighted by molar-refractivity contribution is -0.870. The van der Waals surface area contributed by atoms with E-state index in [-0.39, 0.29) is 25.8 Å². The third-order valence-electron chi connectivity index (χ3n) is 9.58. The summed E-state index contributed by atoms with van der Waals surface area (Å²) in [5, 5.41) is 0. The molecule has 1 unspecified atom stereocenters. The molecule has 9 heteroatoms. The first-order valence-electron chi connectivity index (χ1n) is 22.1. The fourth-order valence-electron chi connectivity index (χ4n) is 6.10. The van der Waals surface area contributed by atoms with Crippen molar-refractivity contribution < 1.29 is 37.3 Å². The third-order valence-corrected chi connectivity index (χ3v) is 10.6. The normalized spacial score (nSPS) is 13.9. The van der Waals surface area contributed by atoms with Crippen molar-refractivity contribution in [3.8, 4) is 0 Å². The average Bonchev–Trinajstić information content (AvgIpc) is 3.11. The standard InChI is InChI=1S/C44H86NO7P/c1-6-8-10-12-14-16-18-20-22-24-26-28-30-32-34-36-39-49-41-43(42-51-53(47,48)50-40-38-45(3,4)5)52-44(46)37-35-33-31-29-27-25-23-21-19-17-15-13-11-9-7-2/h21,23,36,39,43H,6-20,22,24-35,37-38,40-42H2,1-5H3/p+1/b23-21-,39-36+/t43-/m1/s1. The molecule has 0 aliphatic carbocycles. The fraction of sp³-hybridized carbons (Fsp3) is 0.886. The van der Waals surface area contributed by atoms with Crippen molar-refractivity contribution in [2.75, 3.05) is 47.5 Å². The summed E-state index contributed by atoms with van der Waals surface area (Å²) in [6.07, 6.45) is 43.0. The number of phosphoric ester groups is 1. The number of phosphoric acid groups is 1. The maximum atomic E-state index is 12.7. The van der Waals surface area contributed by atoms with E-state index in [4.69, 9.17) is 18.5 Å². The van der Waals surface area contributed by atoms with Crippen LogP contribution < -0.4 is 0 Å². The number of likely N-dealkylation sites (N-methyl/N-ethyl adjacent to an activating group) is 1. The molecular formula is C44H87NO7P+. The van der Waals surface area contributed by atoms with Crippen molar-refractivity contribution in [1.82, 2.24) is 0 Å². The Kier molecular flexibility index (Phi) is 36.9. The van der Waals surface area contributed by atoms with Gasteiger partial charge in [0.2, 0.25) is 0 Å². The van der Waals surface area contributed by atoms with Crippen molar-refractivity contribution in [2.24, 2.45) is 0 Å². The predicted molar refractivity (Wildman–Crippen MR) is 224 cm³/mol. The minimum Gasteiger partial charge on any atom is -0.498 e. The molecule has 0 aromatic heterocycles. The predicted octanol–water partition coefficient (Wildman–Crippen LogP) is 13.2. The van der Waals surface area contributed by atoms with E-state index >= 15 is 0 Å². The van der Waals surface area contributed by atoms with Crippen LogP contribution in [0, 0.1) is 0 Å². The van der Waals surface area contributed by atoms with Crippen LogP contribution in [0.3, 0.4) is 0 Å². The Morgan fingerprint density at radius 3 is 1.45 bits per heavy atom. The number of unbranched alkanes of at least 4 members (excludes halogenated alkanes) is 25. The minimum absolute atomic E-state index is 0.0479. The Hall–Kier alpha value is -1.18. The summed E-state index contributed by atoms with van der Waals surface area (Å²) >= 11 is 0. The molecule has 2 atom stereocenters. The lowest BCUT2D eigenvalue weighted by Gasteiger charge is -2.24. The Morgan fingerprint density at radius 1 is 0.585 bits per heavy atom. The van der Waals surface area contributed by atoms with E-state index in [0.29, 0.717) is 17.4 Å². The van der Waals surface area contributed by atoms with Gasteiger partial charge >= 0.3 is 13.8 Å². The summed E-state index contributed by atoms with van der Waals surface area (Å²) in [6.45, 7) is 4.93. The second kappa shape index (κ2) is 37.7. The van der Waals surface area contributed by atoms with Crippen LogP contribution in [-0.4, -0.2) is 69.0 Å². The van der Waals surface area contributed by atoms with Gasteiger partial charge < -0.3 is 18.9 Å². The van der Waals surface area contributed by atoms with Gasteiger partial charge in [0.25, 0.3) is 0 Å². The molecule has 0 saturated carbocycles. The number of hydrogen-bond donors (Lipinski definition) is 1. The van der Waals surface area contributed by atoms with E-state index in [1.165, 1.54) is 135 Å². The molecule has 0 aromatic carbocycles. The molecule has 0 spiro atoms. The van der Waals surface area contributed by atoms with Crippen LogP contribution in [-0.2, 0) is 27.9 Å². The largest absolute Gasteiger partial charge is 0.498 e. The van der Waals surface area contributed by atoms with E-state index in [0.717, 1.165) is 44.9 Å². The van der Waals surface area contributed by atoms with Crippen LogP contribution in [0.15, 0.2) is 24.5 Å². The molecule has 0 radical (unpaired) electrons. The molecule has 8 nitrogen and oxygen atoms in total. The Balaban J connectivity index is 4.28. The number of esters is 1. The highest BCUT2D eigenvalue weighted by Crippen LogP contribution is 2.43. The lowest BCUT2D eigenvalue weighted by atomic mass is 10.0. The van der Waals surface area contributed by atoms with Crippen molar-refractivity contribution in [2.45, 2.75) is 206 Å². The van der Waals surface area contributed by atoms with Gasteiger partial charge in [-0.15, -0.1) is 0 Å². The van der Waals surface area contributed by atoms with Crippen molar-refractivity contribution in [3.63, 3.8) is 0 Å². The zero-order valence-corrected chi connectivity index (χ0v) is 36.4. The highest BCUT2D eigenvalue weighted by molar-refractivity contribution is 7.47. The van der Waals surface area contributed by atoms with Crippen LogP contribution >= 0.6 is 7.82 Å². The molecule has 1 N–H and O–H groups in total. The molecule has 0 heterocycles. The molecule has 0 fully saturated rings. The molecule has 0 aliphatic heterocycles. The maximum Gasteiger partial charge on any atom is 0.472 e. The molecule has 53 heavy (non-hydrogen) atoms. The molecular weight excluding hydrogens is 685 g/mol. The SMILES string of the molecule is CCCCCCCC/C=C\CCCCCCCC(=O)O[C@H](CO/C=C/CCCCCCCCCCCCCCCC)COP(=O)(O)OCC[N+](C)(C)C. The summed E-state index contributed by atoms with van der Waals surface area (Å²) in [6, 6.07) is 0. The van der Waals surface area contributed by atoms with E-state index in [1.54, 1.807) is 6.26 Å². The number of hydrogen-bond acceptors (Lipinski definition) is 6. The number of quaternary nitrogens is 1. The van der Waals surface area contributed by atoms with Gasteiger partial charge in [0.1, 0.15) is 19.8 Å². The second-order valence-corrected chi connectivity index (χ2v) is 17.6. The zero-order valence-electron chi connectivity index (χ0n) is 35.5. The van der Waals surface area contributed by atoms with Gasteiger partial charge in [0.05, 0.1) is 34.0 Å². The van der Waals surface area contributed by atoms with Gasteiger partial charge in [-0.1, -0.05) is 161 Å². The number of nitrogens with zero attached hydrogens (tertiary/aromatic N) is 1. The minimum atomic E-state index is -4.29. The highest BCUT2D eigenvalue weighted by Gasteiger charge is 2.26. The quantitative estimate of drug-likeness (QED) is 0.0165. The van der Waals surface area contributed by atoms with Crippen LogP contribution in [0.1, 0.15) is 200 Å². The monoisotopic (exact) mass is 773 g/mol. The molecule has 0 amide bonds. The van der Waals surface area contributed by atoms with E-state index in [2.05, 4.69) is 26.0 Å². The number of carbonyl (C=O) groups is 1. The topological polar surface area (TPSA) is 91.3 Å². The first kappa shape index (κ1) is 51.8. The van der Waals surface area contributed by atoms with Crippen LogP contribution in [0.25, 0.3) is 0 Å². The van der Waals surface area contributed by atoms with E-state index in [1.807, 2.05) is 27.2 Å². The smallest absolute Gasteiger partial charge is 0.472 e. The Morgan fingerprint density at radius 2 is 1.00 bits per heavy atom. The molecule has 314 valence electrons. The van der Waals surface area contributed by atoms with Crippen molar-refractivity contribution >= 4 is 13.8 Å². The summed E-state index contributed by atoms with van der Waals surface area (Å²) in [4.78, 5) is 22.8. The zero-order chi connectivity index (χ0) is 39.1. The van der Waals surface area contributed by atoms with Gasteiger partial charge in [-0.2, -0.15) is 0 Å². The molecule has 0 bridgehead atoms. The first-order chi connectivity index (χ1) is 25.6. The summed E-state index contributed by atoms with van der Waals surface area (Å²) in [7, 11) is 1.64. The van der Waals surface area contributed by atoms with E-state index < -0.39 is 13.9 Å². The van der Waals surface area contributed by atoms with Crippen LogP contribution in [0.4, 0.5) is 0 Å². The molecule has 0 rings (SSSR count). The molecule has 0 saturated heterocycles. The summed E-state index contributed by atoms with van der Waals surface area (Å²) in [5.41, 5.74) is 0. The van der Waals surface area contributed by atoms with Gasteiger partial charge in [-0.25, -0.2) is 4.57 Å². The third kappa shape index (κ3) is 41.8. The van der Waals surface area contributed by atoms with Gasteiger partial charge in [0.15, 0.2) is 6.10 Å². The summed E-state index contributed by atoms with van der Waals surface area (Å²) < 4.78 is 34.7. The van der Waals surface area contributed by atoms with E-state index in [9.17, 15) is 14.3 Å². The average molecular weight is 773 g/mol. The summed E-state index contributed by atoms with van der Waals surface area (Å²) in [5.74, 6) is -0.343. The Bertz CT molecular complexity index is 905. The number of rotatable bonds is 41. The van der Waals surface area contributed by atoms with Crippen molar-refractivity contribution in [1.29, 1.82) is 0 Å². The fourth-order valence-corrected chi connectivity index (χ4v) is 6.84. The highest BCUT2D eigenvalue weighted by atomic mass is 31.2. The first-order valence-corrected chi connectivity index (χ1v) is 23.6. The molecule has 0 aromatic rings. The lowest BCUT2D eigenvalue weighted by Crippen LogP contribution is -2.37. The van der Waals surface area contributed by atoms with Gasteiger partial charge in [0, 0.05) is 6.42 Å². The maximum absolute atomic E-state index is 12.7. The van der Waals surface area contributed by atoms with Crippen LogP contribution in [0.2, 0.25) is 0 Å². The number of carbonyl (C=O) groups excluding carboxylic acids is 1. The number of ether oxygens (including phenoxy) is 2. The second-order valence-electron chi connectivity index (χ2n) is 16.1. The van der Waals surface area contributed by atoms with Crippen molar-refractivity contribution in [3.05, 3.63) is 24.5 Å². The van der Waals surface area contributed by atoms with Crippen LogP contribution in [0.5, 0.6) is 0 Å². The van der Waals surface area contributed by atoms with Gasteiger partial charge in [-0.05, 0) is 51.0 Å². The van der Waals surface area contributed by atoms with Gasteiger partial charge in [-0.3, -0.25) is 13.8 Å². The number of allylic oxidation sites excluding steroid dienone is 3. The Labute approximate surface area is 328 Å². The molecule has 0 aliphatic rings.